The second-order valence-electron chi connectivity index (χ2n) is 4.75. The summed E-state index contributed by atoms with van der Waals surface area (Å²) in [5, 5.41) is 12.6. The molecule has 4 heteroatoms. The SMILES string of the molecule is CCC(CCO)NC(CN)c1cccc(COC)c1. The van der Waals surface area contributed by atoms with Crippen molar-refractivity contribution in [2.75, 3.05) is 20.3 Å². The lowest BCUT2D eigenvalue weighted by atomic mass is 10.0. The van der Waals surface area contributed by atoms with Crippen molar-refractivity contribution in [1.29, 1.82) is 0 Å². The lowest BCUT2D eigenvalue weighted by Gasteiger charge is -2.24. The average molecular weight is 266 g/mol. The van der Waals surface area contributed by atoms with E-state index in [0.29, 0.717) is 19.2 Å². The first kappa shape index (κ1) is 16.1. The molecule has 0 aliphatic heterocycles. The molecule has 0 aliphatic carbocycles. The van der Waals surface area contributed by atoms with Crippen molar-refractivity contribution in [3.8, 4) is 0 Å². The van der Waals surface area contributed by atoms with E-state index in [-0.39, 0.29) is 12.6 Å². The molecule has 1 rings (SSSR count). The first-order valence-electron chi connectivity index (χ1n) is 6.89. The zero-order valence-corrected chi connectivity index (χ0v) is 11.9. The molecule has 108 valence electrons. The second kappa shape index (κ2) is 9.04. The minimum absolute atomic E-state index is 0.119. The minimum atomic E-state index is 0.119. The maximum Gasteiger partial charge on any atom is 0.0713 e. The van der Waals surface area contributed by atoms with Crippen LogP contribution in [-0.4, -0.2) is 31.4 Å². The van der Waals surface area contributed by atoms with Gasteiger partial charge in [0.25, 0.3) is 0 Å². The van der Waals surface area contributed by atoms with E-state index < -0.39 is 0 Å². The summed E-state index contributed by atoms with van der Waals surface area (Å²) < 4.78 is 5.15. The van der Waals surface area contributed by atoms with Gasteiger partial charge in [-0.3, -0.25) is 0 Å². The van der Waals surface area contributed by atoms with Crippen molar-refractivity contribution >= 4 is 0 Å². The number of ether oxygens (including phenoxy) is 1. The van der Waals surface area contributed by atoms with Gasteiger partial charge in [0.1, 0.15) is 0 Å². The fraction of sp³-hybridized carbons (Fsp3) is 0.600. The van der Waals surface area contributed by atoms with Crippen LogP contribution in [0, 0.1) is 0 Å². The molecule has 2 atom stereocenters. The second-order valence-corrected chi connectivity index (χ2v) is 4.75. The predicted molar refractivity (Wildman–Crippen MR) is 77.9 cm³/mol. The van der Waals surface area contributed by atoms with Gasteiger partial charge in [-0.2, -0.15) is 0 Å². The van der Waals surface area contributed by atoms with Gasteiger partial charge in [-0.05, 0) is 24.0 Å². The Bertz CT molecular complexity index is 358. The minimum Gasteiger partial charge on any atom is -0.396 e. The highest BCUT2D eigenvalue weighted by Gasteiger charge is 2.14. The number of hydrogen-bond donors (Lipinski definition) is 3. The van der Waals surface area contributed by atoms with Crippen molar-refractivity contribution in [2.24, 2.45) is 5.73 Å². The van der Waals surface area contributed by atoms with Crippen LogP contribution in [0.1, 0.15) is 36.9 Å². The maximum absolute atomic E-state index is 9.05. The predicted octanol–water partition coefficient (Wildman–Crippen LogP) is 1.58. The number of benzene rings is 1. The Kier molecular flexibility index (Phi) is 7.67. The fourth-order valence-corrected chi connectivity index (χ4v) is 2.21. The Hall–Kier alpha value is -0.940. The van der Waals surface area contributed by atoms with Gasteiger partial charge < -0.3 is 20.9 Å². The first-order valence-corrected chi connectivity index (χ1v) is 6.89. The van der Waals surface area contributed by atoms with E-state index >= 15 is 0 Å². The summed E-state index contributed by atoms with van der Waals surface area (Å²) in [5.74, 6) is 0. The molecule has 0 aliphatic rings. The number of hydrogen-bond acceptors (Lipinski definition) is 4. The zero-order valence-electron chi connectivity index (χ0n) is 11.9. The number of methoxy groups -OCH3 is 1. The van der Waals surface area contributed by atoms with Crippen molar-refractivity contribution in [3.63, 3.8) is 0 Å². The third kappa shape index (κ3) is 5.28. The van der Waals surface area contributed by atoms with E-state index in [0.717, 1.165) is 18.4 Å². The number of rotatable bonds is 9. The van der Waals surface area contributed by atoms with E-state index in [4.69, 9.17) is 15.6 Å². The van der Waals surface area contributed by atoms with E-state index in [1.54, 1.807) is 7.11 Å². The molecule has 0 fully saturated rings. The van der Waals surface area contributed by atoms with E-state index in [1.165, 1.54) is 5.56 Å². The van der Waals surface area contributed by atoms with E-state index in [1.807, 2.05) is 12.1 Å². The fourth-order valence-electron chi connectivity index (χ4n) is 2.21. The van der Waals surface area contributed by atoms with Crippen molar-refractivity contribution in [3.05, 3.63) is 35.4 Å². The van der Waals surface area contributed by atoms with Crippen LogP contribution in [0.25, 0.3) is 0 Å². The Morgan fingerprint density at radius 3 is 2.79 bits per heavy atom. The molecule has 4 nitrogen and oxygen atoms in total. The van der Waals surface area contributed by atoms with Gasteiger partial charge in [0.05, 0.1) is 6.61 Å². The lowest BCUT2D eigenvalue weighted by molar-refractivity contribution is 0.185. The smallest absolute Gasteiger partial charge is 0.0713 e. The largest absolute Gasteiger partial charge is 0.396 e. The third-order valence-corrected chi connectivity index (χ3v) is 3.31. The Morgan fingerprint density at radius 1 is 1.42 bits per heavy atom. The number of aliphatic hydroxyl groups is 1. The van der Waals surface area contributed by atoms with Gasteiger partial charge in [0, 0.05) is 32.3 Å². The summed E-state index contributed by atoms with van der Waals surface area (Å²) in [7, 11) is 1.69. The summed E-state index contributed by atoms with van der Waals surface area (Å²) in [6.45, 7) is 3.46. The molecule has 0 saturated heterocycles. The van der Waals surface area contributed by atoms with Crippen molar-refractivity contribution in [2.45, 2.75) is 38.5 Å². The molecule has 19 heavy (non-hydrogen) atoms. The van der Waals surface area contributed by atoms with Crippen LogP contribution >= 0.6 is 0 Å². The van der Waals surface area contributed by atoms with Crippen LogP contribution < -0.4 is 11.1 Å². The summed E-state index contributed by atoms with van der Waals surface area (Å²) in [5.41, 5.74) is 8.19. The highest BCUT2D eigenvalue weighted by molar-refractivity contribution is 5.26. The third-order valence-electron chi connectivity index (χ3n) is 3.31. The molecule has 1 aromatic rings. The number of nitrogens with two attached hydrogens (primary N) is 1. The average Bonchev–Trinajstić information content (AvgIpc) is 2.44. The van der Waals surface area contributed by atoms with Crippen LogP contribution in [-0.2, 0) is 11.3 Å². The summed E-state index contributed by atoms with van der Waals surface area (Å²) in [6.07, 6.45) is 1.74. The number of nitrogens with one attached hydrogen (secondary N) is 1. The molecule has 0 spiro atoms. The molecule has 0 saturated carbocycles. The van der Waals surface area contributed by atoms with E-state index in [9.17, 15) is 0 Å². The van der Waals surface area contributed by atoms with Crippen molar-refractivity contribution in [1.82, 2.24) is 5.32 Å². The van der Waals surface area contributed by atoms with Crippen LogP contribution in [0.2, 0.25) is 0 Å². The normalized spacial score (nSPS) is 14.3. The van der Waals surface area contributed by atoms with Crippen LogP contribution in [0.3, 0.4) is 0 Å². The highest BCUT2D eigenvalue weighted by Crippen LogP contribution is 2.16. The molecule has 0 heterocycles. The molecular weight excluding hydrogens is 240 g/mol. The van der Waals surface area contributed by atoms with Gasteiger partial charge >= 0.3 is 0 Å². The first-order chi connectivity index (χ1) is 9.24. The Morgan fingerprint density at radius 2 is 2.21 bits per heavy atom. The summed E-state index contributed by atoms with van der Waals surface area (Å²) in [4.78, 5) is 0. The molecule has 1 aromatic carbocycles. The summed E-state index contributed by atoms with van der Waals surface area (Å²) >= 11 is 0. The molecule has 0 radical (unpaired) electrons. The molecule has 0 amide bonds. The molecule has 4 N–H and O–H groups in total. The monoisotopic (exact) mass is 266 g/mol. The number of aliphatic hydroxyl groups excluding tert-OH is 1. The quantitative estimate of drug-likeness (QED) is 0.635. The molecule has 0 bridgehead atoms. The standard InChI is InChI=1S/C15H26N2O2/c1-3-14(7-8-18)17-15(10-16)13-6-4-5-12(9-13)11-19-2/h4-6,9,14-15,17-18H,3,7-8,10-11,16H2,1-2H3. The maximum atomic E-state index is 9.05. The van der Waals surface area contributed by atoms with Crippen LogP contribution in [0.5, 0.6) is 0 Å². The van der Waals surface area contributed by atoms with Gasteiger partial charge in [0.15, 0.2) is 0 Å². The summed E-state index contributed by atoms with van der Waals surface area (Å²) in [6, 6.07) is 8.69. The molecule has 0 aromatic heterocycles. The topological polar surface area (TPSA) is 67.5 Å². The zero-order chi connectivity index (χ0) is 14.1. The van der Waals surface area contributed by atoms with Gasteiger partial charge in [0.2, 0.25) is 0 Å². The van der Waals surface area contributed by atoms with Gasteiger partial charge in [-0.15, -0.1) is 0 Å². The molecule has 2 unspecified atom stereocenters. The van der Waals surface area contributed by atoms with Gasteiger partial charge in [-0.1, -0.05) is 31.2 Å². The lowest BCUT2D eigenvalue weighted by Crippen LogP contribution is -2.37. The Balaban J connectivity index is 2.75. The molecular formula is C15H26N2O2. The van der Waals surface area contributed by atoms with Crippen molar-refractivity contribution < 1.29 is 9.84 Å². The van der Waals surface area contributed by atoms with Crippen LogP contribution in [0.15, 0.2) is 24.3 Å². The Labute approximate surface area is 116 Å². The highest BCUT2D eigenvalue weighted by atomic mass is 16.5. The van der Waals surface area contributed by atoms with Crippen LogP contribution in [0.4, 0.5) is 0 Å². The van der Waals surface area contributed by atoms with E-state index in [2.05, 4.69) is 24.4 Å². The van der Waals surface area contributed by atoms with Gasteiger partial charge in [-0.25, -0.2) is 0 Å².